The average molecular weight is 690 g/mol. The van der Waals surface area contributed by atoms with E-state index in [1.165, 1.54) is 23.8 Å². The highest BCUT2D eigenvalue weighted by molar-refractivity contribution is 5.98. The monoisotopic (exact) mass is 689 g/mol. The van der Waals surface area contributed by atoms with Crippen molar-refractivity contribution >= 4 is 23.8 Å². The van der Waals surface area contributed by atoms with E-state index < -0.39 is 11.6 Å². The molecular formula is C42H43NO8. The van der Waals surface area contributed by atoms with Crippen molar-refractivity contribution in [1.82, 2.24) is 4.90 Å². The van der Waals surface area contributed by atoms with Gasteiger partial charge in [-0.15, -0.1) is 0 Å². The molecule has 51 heavy (non-hydrogen) atoms. The van der Waals surface area contributed by atoms with Crippen LogP contribution in [0.15, 0.2) is 103 Å². The van der Waals surface area contributed by atoms with Crippen LogP contribution in [0.2, 0.25) is 0 Å². The van der Waals surface area contributed by atoms with Gasteiger partial charge in [-0.3, -0.25) is 19.3 Å². The molecular weight excluding hydrogens is 646 g/mol. The molecule has 0 radical (unpaired) electrons. The number of carbonyl (C=O) groups is 4. The van der Waals surface area contributed by atoms with E-state index >= 15 is 0 Å². The van der Waals surface area contributed by atoms with Gasteiger partial charge in [0.25, 0.3) is 0 Å². The van der Waals surface area contributed by atoms with Gasteiger partial charge in [0.15, 0.2) is 17.9 Å². The number of esters is 1. The zero-order valence-electron chi connectivity index (χ0n) is 28.5. The number of piperidine rings is 1. The topological polar surface area (TPSA) is 130 Å². The van der Waals surface area contributed by atoms with Crippen molar-refractivity contribution in [2.45, 2.75) is 44.2 Å². The number of hydrogen-bond acceptors (Lipinski definition) is 9. The third-order valence-corrected chi connectivity index (χ3v) is 10.2. The van der Waals surface area contributed by atoms with Crippen LogP contribution in [0.1, 0.15) is 69.5 Å². The minimum absolute atomic E-state index is 0.0383. The highest BCUT2D eigenvalue weighted by Crippen LogP contribution is 2.38. The summed E-state index contributed by atoms with van der Waals surface area (Å²) in [6.07, 6.45) is 3.66. The number of hydrogen-bond donors (Lipinski definition) is 2. The number of aldehydes is 1. The minimum atomic E-state index is -2.09. The lowest BCUT2D eigenvalue weighted by Crippen LogP contribution is -2.40. The molecule has 0 amide bonds. The van der Waals surface area contributed by atoms with Crippen LogP contribution < -0.4 is 4.74 Å². The molecule has 4 aromatic rings. The summed E-state index contributed by atoms with van der Waals surface area (Å²) in [5, 5.41) is 22.0. The normalized spacial score (nSPS) is 18.9. The number of nitrogens with zero attached hydrogens (tertiary/aromatic N) is 1. The SMILES string of the molecule is O=Cc1ccc(C(=O)CC2CC(C(=O)COc3cccc([C@](O)(C(=O)OCC4CCN(Cc5ccccc5)CC4)c4ccccc4)c3)C2)cc1O. The predicted molar refractivity (Wildman–Crippen MR) is 190 cm³/mol. The first-order valence-electron chi connectivity index (χ1n) is 17.5. The third-order valence-electron chi connectivity index (χ3n) is 10.2. The summed E-state index contributed by atoms with van der Waals surface area (Å²) in [5.41, 5.74) is 0.279. The molecule has 1 heterocycles. The smallest absolute Gasteiger partial charge is 0.347 e. The summed E-state index contributed by atoms with van der Waals surface area (Å²) in [4.78, 5) is 52.7. The third kappa shape index (κ3) is 8.61. The molecule has 9 heteroatoms. The zero-order chi connectivity index (χ0) is 35.8. The number of aromatic hydroxyl groups is 1. The summed E-state index contributed by atoms with van der Waals surface area (Å²) in [7, 11) is 0. The highest BCUT2D eigenvalue weighted by Gasteiger charge is 2.42. The predicted octanol–water partition coefficient (Wildman–Crippen LogP) is 6.14. The van der Waals surface area contributed by atoms with Crippen LogP contribution in [0.25, 0.3) is 0 Å². The van der Waals surface area contributed by atoms with E-state index in [2.05, 4.69) is 17.0 Å². The van der Waals surface area contributed by atoms with Crippen molar-refractivity contribution in [3.05, 3.63) is 131 Å². The van der Waals surface area contributed by atoms with E-state index in [-0.39, 0.29) is 65.8 Å². The van der Waals surface area contributed by atoms with Crippen LogP contribution in [0, 0.1) is 17.8 Å². The zero-order valence-corrected chi connectivity index (χ0v) is 28.5. The summed E-state index contributed by atoms with van der Waals surface area (Å²) in [6.45, 7) is 2.72. The Bertz CT molecular complexity index is 1830. The van der Waals surface area contributed by atoms with Crippen LogP contribution in [0.4, 0.5) is 0 Å². The van der Waals surface area contributed by atoms with Gasteiger partial charge in [-0.25, -0.2) is 4.79 Å². The molecule has 9 nitrogen and oxygen atoms in total. The lowest BCUT2D eigenvalue weighted by atomic mass is 9.70. The summed E-state index contributed by atoms with van der Waals surface area (Å²) < 4.78 is 11.7. The molecule has 2 aliphatic rings. The van der Waals surface area contributed by atoms with Crippen molar-refractivity contribution < 1.29 is 38.9 Å². The number of carbonyl (C=O) groups excluding carboxylic acids is 4. The lowest BCUT2D eigenvalue weighted by Gasteiger charge is -2.34. The number of benzene rings is 4. The molecule has 0 bridgehead atoms. The standard InChI is InChI=1S/C42H43NO8/c44-26-33-15-14-32(23-39(33)46)38(45)22-31-20-34(21-31)40(47)28-50-37-13-7-12-36(24-37)42(49,35-10-5-2-6-11-35)41(48)51-27-30-16-18-43(19-17-30)25-29-8-3-1-4-9-29/h1-15,23-24,26,30-31,34,46,49H,16-22,25,27-28H2/t31?,34?,42-/m0/s1. The van der Waals surface area contributed by atoms with Gasteiger partial charge in [0, 0.05) is 30.0 Å². The molecule has 1 saturated carbocycles. The Balaban J connectivity index is 1.02. The second-order valence-corrected chi connectivity index (χ2v) is 13.7. The van der Waals surface area contributed by atoms with Gasteiger partial charge in [0.2, 0.25) is 5.60 Å². The van der Waals surface area contributed by atoms with Crippen LogP contribution >= 0.6 is 0 Å². The summed E-state index contributed by atoms with van der Waals surface area (Å²) >= 11 is 0. The first kappa shape index (κ1) is 35.7. The Morgan fingerprint density at radius 1 is 0.824 bits per heavy atom. The quantitative estimate of drug-likeness (QED) is 0.0859. The molecule has 4 aromatic carbocycles. The molecule has 264 valence electrons. The fourth-order valence-electron chi connectivity index (χ4n) is 6.98. The Kier molecular flexibility index (Phi) is 11.4. The fraction of sp³-hybridized carbons (Fsp3) is 0.333. The van der Waals surface area contributed by atoms with Gasteiger partial charge in [0.1, 0.15) is 18.1 Å². The van der Waals surface area contributed by atoms with Gasteiger partial charge in [-0.2, -0.15) is 0 Å². The van der Waals surface area contributed by atoms with Crippen LogP contribution in [-0.4, -0.2) is 65.2 Å². The second-order valence-electron chi connectivity index (χ2n) is 13.7. The fourth-order valence-corrected chi connectivity index (χ4v) is 6.98. The maximum Gasteiger partial charge on any atom is 0.347 e. The van der Waals surface area contributed by atoms with Gasteiger partial charge in [0.05, 0.1) is 12.2 Å². The van der Waals surface area contributed by atoms with Crippen LogP contribution in [0.5, 0.6) is 11.5 Å². The average Bonchev–Trinajstić information content (AvgIpc) is 3.15. The maximum atomic E-state index is 13.7. The molecule has 0 spiro atoms. The Labute approximate surface area is 297 Å². The maximum absolute atomic E-state index is 13.7. The first-order valence-corrected chi connectivity index (χ1v) is 17.5. The van der Waals surface area contributed by atoms with E-state index in [4.69, 9.17) is 9.47 Å². The van der Waals surface area contributed by atoms with Crippen LogP contribution in [-0.2, 0) is 26.5 Å². The molecule has 1 aliphatic carbocycles. The number of Topliss-reactive ketones (excluding diaryl/α,β-unsaturated/α-hetero) is 2. The highest BCUT2D eigenvalue weighted by atomic mass is 16.5. The Hall–Kier alpha value is -5.12. The second kappa shape index (κ2) is 16.3. The van der Waals surface area contributed by atoms with Crippen molar-refractivity contribution in [1.29, 1.82) is 0 Å². The minimum Gasteiger partial charge on any atom is -0.507 e. The number of ketones is 2. The number of rotatable bonds is 15. The van der Waals surface area contributed by atoms with Gasteiger partial charge in [-0.1, -0.05) is 78.9 Å². The number of phenolic OH excluding ortho intramolecular Hbond substituents is 1. The van der Waals surface area contributed by atoms with E-state index in [0.29, 0.717) is 36.0 Å². The largest absolute Gasteiger partial charge is 0.507 e. The lowest BCUT2D eigenvalue weighted by molar-refractivity contribution is -0.164. The number of likely N-dealkylation sites (tertiary alicyclic amines) is 1. The molecule has 0 unspecified atom stereocenters. The number of aliphatic hydroxyl groups is 1. The van der Waals surface area contributed by atoms with E-state index in [0.717, 1.165) is 32.5 Å². The van der Waals surface area contributed by atoms with Crippen molar-refractivity contribution in [3.8, 4) is 11.5 Å². The molecule has 1 saturated heterocycles. The van der Waals surface area contributed by atoms with E-state index in [1.807, 2.05) is 24.3 Å². The Morgan fingerprint density at radius 3 is 2.20 bits per heavy atom. The molecule has 1 atom stereocenters. The summed E-state index contributed by atoms with van der Waals surface area (Å²) in [6, 6.07) is 29.8. The molecule has 2 fully saturated rings. The van der Waals surface area contributed by atoms with Crippen LogP contribution in [0.3, 0.4) is 0 Å². The first-order chi connectivity index (χ1) is 24.7. The van der Waals surface area contributed by atoms with Gasteiger partial charge in [-0.05, 0) is 86.0 Å². The van der Waals surface area contributed by atoms with Crippen molar-refractivity contribution in [3.63, 3.8) is 0 Å². The van der Waals surface area contributed by atoms with Crippen molar-refractivity contribution in [2.24, 2.45) is 17.8 Å². The Morgan fingerprint density at radius 2 is 1.51 bits per heavy atom. The van der Waals surface area contributed by atoms with Crippen molar-refractivity contribution in [2.75, 3.05) is 26.3 Å². The molecule has 0 aromatic heterocycles. The number of phenols is 1. The van der Waals surface area contributed by atoms with E-state index in [1.54, 1.807) is 48.5 Å². The molecule has 6 rings (SSSR count). The van der Waals surface area contributed by atoms with Gasteiger partial charge >= 0.3 is 5.97 Å². The summed E-state index contributed by atoms with van der Waals surface area (Å²) in [5.74, 6) is -0.922. The molecule has 2 N–H and O–H groups in total. The van der Waals surface area contributed by atoms with E-state index in [9.17, 15) is 29.4 Å². The molecule has 1 aliphatic heterocycles. The number of ether oxygens (including phenoxy) is 2. The van der Waals surface area contributed by atoms with Gasteiger partial charge < -0.3 is 19.7 Å².